The summed E-state index contributed by atoms with van der Waals surface area (Å²) in [6.45, 7) is 0.475. The molecular formula is C11H9N3O. The molecule has 4 nitrogen and oxygen atoms in total. The largest absolute Gasteiger partial charge is 0.397 e. The fourth-order valence-corrected chi connectivity index (χ4v) is 1.92. The summed E-state index contributed by atoms with van der Waals surface area (Å²) >= 11 is 0. The summed E-state index contributed by atoms with van der Waals surface area (Å²) in [5, 5.41) is 3.56. The minimum atomic E-state index is -0.124. The normalized spacial score (nSPS) is 14.0. The molecule has 0 saturated carbocycles. The van der Waals surface area contributed by atoms with Crippen molar-refractivity contribution < 1.29 is 4.79 Å². The second kappa shape index (κ2) is 2.70. The van der Waals surface area contributed by atoms with E-state index in [-0.39, 0.29) is 5.91 Å². The second-order valence-corrected chi connectivity index (χ2v) is 3.55. The van der Waals surface area contributed by atoms with E-state index in [1.807, 2.05) is 24.3 Å². The molecule has 1 aliphatic heterocycles. The molecule has 0 unspecified atom stereocenters. The lowest BCUT2D eigenvalue weighted by molar-refractivity contribution is 0.0966. The Balaban J connectivity index is 2.46. The summed E-state index contributed by atoms with van der Waals surface area (Å²) in [5.41, 5.74) is 8.61. The van der Waals surface area contributed by atoms with E-state index in [2.05, 4.69) is 10.3 Å². The van der Waals surface area contributed by atoms with Crippen LogP contribution in [-0.2, 0) is 6.54 Å². The first-order valence-corrected chi connectivity index (χ1v) is 4.72. The molecule has 15 heavy (non-hydrogen) atoms. The van der Waals surface area contributed by atoms with Gasteiger partial charge in [-0.3, -0.25) is 4.79 Å². The molecule has 3 N–H and O–H groups in total. The summed E-state index contributed by atoms with van der Waals surface area (Å²) in [7, 11) is 0. The standard InChI is InChI=1S/C11H9N3O/c12-10-6-3-1-2-4-7(6)14-8-5-13-11(15)9(8)10/h1-4H,5H2,(H2,12,14)(H,13,15). The number of pyridine rings is 1. The van der Waals surface area contributed by atoms with Crippen LogP contribution in [0.5, 0.6) is 0 Å². The van der Waals surface area contributed by atoms with Gasteiger partial charge in [0.25, 0.3) is 5.91 Å². The van der Waals surface area contributed by atoms with Gasteiger partial charge < -0.3 is 11.1 Å². The third-order valence-electron chi connectivity index (χ3n) is 2.65. The van der Waals surface area contributed by atoms with Gasteiger partial charge in [0.2, 0.25) is 0 Å². The topological polar surface area (TPSA) is 68.0 Å². The Morgan fingerprint density at radius 1 is 1.33 bits per heavy atom. The van der Waals surface area contributed by atoms with E-state index in [4.69, 9.17) is 5.73 Å². The molecule has 2 heterocycles. The van der Waals surface area contributed by atoms with Gasteiger partial charge in [0.1, 0.15) is 0 Å². The highest BCUT2D eigenvalue weighted by atomic mass is 16.1. The zero-order chi connectivity index (χ0) is 10.4. The van der Waals surface area contributed by atoms with Crippen LogP contribution in [0.4, 0.5) is 5.69 Å². The number of nitrogens with zero attached hydrogens (tertiary/aromatic N) is 1. The lowest BCUT2D eigenvalue weighted by Gasteiger charge is -2.05. The van der Waals surface area contributed by atoms with Crippen molar-refractivity contribution in [2.45, 2.75) is 6.54 Å². The Bertz CT molecular complexity index is 577. The lowest BCUT2D eigenvalue weighted by atomic mass is 10.1. The van der Waals surface area contributed by atoms with Crippen LogP contribution in [0.2, 0.25) is 0 Å². The first kappa shape index (κ1) is 8.23. The van der Waals surface area contributed by atoms with Crippen molar-refractivity contribution in [2.24, 2.45) is 0 Å². The van der Waals surface area contributed by atoms with Gasteiger partial charge in [0, 0.05) is 5.39 Å². The molecular weight excluding hydrogens is 190 g/mol. The van der Waals surface area contributed by atoms with E-state index in [1.165, 1.54) is 0 Å². The molecule has 0 spiro atoms. The van der Waals surface area contributed by atoms with Crippen molar-refractivity contribution in [3.63, 3.8) is 0 Å². The number of carbonyl (C=O) groups is 1. The molecule has 0 atom stereocenters. The van der Waals surface area contributed by atoms with Crippen molar-refractivity contribution in [3.8, 4) is 0 Å². The molecule has 0 radical (unpaired) electrons. The van der Waals surface area contributed by atoms with E-state index >= 15 is 0 Å². The Morgan fingerprint density at radius 3 is 3.00 bits per heavy atom. The van der Waals surface area contributed by atoms with Crippen molar-refractivity contribution in [1.29, 1.82) is 0 Å². The van der Waals surface area contributed by atoms with Crippen LogP contribution in [0.1, 0.15) is 16.1 Å². The molecule has 3 rings (SSSR count). The van der Waals surface area contributed by atoms with Gasteiger partial charge in [0.15, 0.2) is 0 Å². The molecule has 2 aromatic rings. The predicted molar refractivity (Wildman–Crippen MR) is 57.3 cm³/mol. The number of para-hydroxylation sites is 1. The van der Waals surface area contributed by atoms with Crippen LogP contribution in [0.25, 0.3) is 10.9 Å². The van der Waals surface area contributed by atoms with Gasteiger partial charge in [0.05, 0.1) is 29.0 Å². The minimum absolute atomic E-state index is 0.124. The Kier molecular flexibility index (Phi) is 1.48. The van der Waals surface area contributed by atoms with Crippen molar-refractivity contribution in [2.75, 3.05) is 5.73 Å². The van der Waals surface area contributed by atoms with Crippen LogP contribution in [0.15, 0.2) is 24.3 Å². The highest BCUT2D eigenvalue weighted by Crippen LogP contribution is 2.28. The van der Waals surface area contributed by atoms with Crippen LogP contribution < -0.4 is 11.1 Å². The summed E-state index contributed by atoms with van der Waals surface area (Å²) in [4.78, 5) is 15.9. The molecule has 1 amide bonds. The highest BCUT2D eigenvalue weighted by molar-refractivity contribution is 6.09. The van der Waals surface area contributed by atoms with Crippen LogP contribution >= 0.6 is 0 Å². The molecule has 4 heteroatoms. The number of nitrogen functional groups attached to an aromatic ring is 1. The Morgan fingerprint density at radius 2 is 2.13 bits per heavy atom. The van der Waals surface area contributed by atoms with E-state index in [9.17, 15) is 4.79 Å². The maximum absolute atomic E-state index is 11.5. The van der Waals surface area contributed by atoms with Gasteiger partial charge in [-0.05, 0) is 6.07 Å². The quantitative estimate of drug-likeness (QED) is 0.666. The molecule has 1 aromatic carbocycles. The van der Waals surface area contributed by atoms with Crippen LogP contribution in [0, 0.1) is 0 Å². The highest BCUT2D eigenvalue weighted by Gasteiger charge is 2.24. The van der Waals surface area contributed by atoms with Crippen LogP contribution in [0.3, 0.4) is 0 Å². The van der Waals surface area contributed by atoms with Gasteiger partial charge in [-0.1, -0.05) is 18.2 Å². The molecule has 1 aromatic heterocycles. The summed E-state index contributed by atoms with van der Waals surface area (Å²) in [5.74, 6) is -0.124. The monoisotopic (exact) mass is 199 g/mol. The minimum Gasteiger partial charge on any atom is -0.397 e. The molecule has 0 bridgehead atoms. The molecule has 74 valence electrons. The zero-order valence-electron chi connectivity index (χ0n) is 7.95. The number of hydrogen-bond donors (Lipinski definition) is 2. The summed E-state index contributed by atoms with van der Waals surface area (Å²) < 4.78 is 0. The smallest absolute Gasteiger partial charge is 0.255 e. The average Bonchev–Trinajstić information content (AvgIpc) is 2.61. The third kappa shape index (κ3) is 1.01. The summed E-state index contributed by atoms with van der Waals surface area (Å²) in [6.07, 6.45) is 0. The van der Waals surface area contributed by atoms with E-state index in [0.29, 0.717) is 17.8 Å². The molecule has 0 saturated heterocycles. The number of aromatic nitrogens is 1. The predicted octanol–water partition coefficient (Wildman–Crippen LogP) is 1.06. The molecule has 0 aliphatic carbocycles. The van der Waals surface area contributed by atoms with Crippen molar-refractivity contribution >= 4 is 22.5 Å². The number of fused-ring (bicyclic) bond motifs is 2. The van der Waals surface area contributed by atoms with E-state index < -0.39 is 0 Å². The first-order valence-electron chi connectivity index (χ1n) is 4.72. The first-order chi connectivity index (χ1) is 7.27. The fraction of sp³-hybridized carbons (Fsp3) is 0.0909. The Labute approximate surface area is 86.1 Å². The number of anilines is 1. The number of rotatable bonds is 0. The van der Waals surface area contributed by atoms with Gasteiger partial charge in [-0.2, -0.15) is 0 Å². The maximum Gasteiger partial charge on any atom is 0.255 e. The van der Waals surface area contributed by atoms with Crippen molar-refractivity contribution in [1.82, 2.24) is 10.3 Å². The number of nitrogens with one attached hydrogen (secondary N) is 1. The number of carbonyl (C=O) groups excluding carboxylic acids is 1. The SMILES string of the molecule is Nc1c2c(nc3ccccc13)CNC2=O. The van der Waals surface area contributed by atoms with Crippen LogP contribution in [-0.4, -0.2) is 10.9 Å². The molecule has 0 fully saturated rings. The van der Waals surface area contributed by atoms with Crippen molar-refractivity contribution in [3.05, 3.63) is 35.5 Å². The van der Waals surface area contributed by atoms with Gasteiger partial charge in [-0.25, -0.2) is 4.98 Å². The average molecular weight is 199 g/mol. The van der Waals surface area contributed by atoms with Gasteiger partial charge in [-0.15, -0.1) is 0 Å². The fourth-order valence-electron chi connectivity index (χ4n) is 1.92. The maximum atomic E-state index is 11.5. The van der Waals surface area contributed by atoms with E-state index in [1.54, 1.807) is 0 Å². The number of benzene rings is 1. The number of amides is 1. The van der Waals surface area contributed by atoms with E-state index in [0.717, 1.165) is 16.6 Å². The van der Waals surface area contributed by atoms with Gasteiger partial charge >= 0.3 is 0 Å². The summed E-state index contributed by atoms with van der Waals surface area (Å²) in [6, 6.07) is 7.57. The lowest BCUT2D eigenvalue weighted by Crippen LogP contribution is -2.13. The molecule has 1 aliphatic rings. The Hall–Kier alpha value is -2.10. The number of nitrogens with two attached hydrogens (primary N) is 1. The zero-order valence-corrected chi connectivity index (χ0v) is 7.95. The second-order valence-electron chi connectivity index (χ2n) is 3.55. The number of hydrogen-bond acceptors (Lipinski definition) is 3. The third-order valence-corrected chi connectivity index (χ3v) is 2.65.